The molecular formula is C30H44N6. The minimum Gasteiger partial charge on any atom is -0.344 e. The van der Waals surface area contributed by atoms with Gasteiger partial charge in [-0.2, -0.15) is 0 Å². The van der Waals surface area contributed by atoms with Gasteiger partial charge < -0.3 is 21.4 Å². The van der Waals surface area contributed by atoms with Gasteiger partial charge >= 0.3 is 0 Å². The molecule has 0 saturated heterocycles. The summed E-state index contributed by atoms with van der Waals surface area (Å²) in [5, 5.41) is 0. The number of aromatic nitrogens is 4. The van der Waals surface area contributed by atoms with Crippen LogP contribution in [0.5, 0.6) is 0 Å². The Morgan fingerprint density at radius 1 is 0.694 bits per heavy atom. The SMILES string of the molecule is CC(C)(C)[C@H](N)c1ncc(-c2ccc(C34CCC(c5cnc([C@@H](N)C(C)(C)C)[nH]5)(CC3)CC4)cc2)[nH]1. The first kappa shape index (κ1) is 25.2. The number of nitrogens with zero attached hydrogens (tertiary/aromatic N) is 2. The van der Waals surface area contributed by atoms with E-state index in [2.05, 4.69) is 87.0 Å². The number of H-pyrrole nitrogens is 2. The van der Waals surface area contributed by atoms with Crippen LogP contribution in [0.4, 0.5) is 0 Å². The molecule has 3 aliphatic rings. The molecule has 2 heterocycles. The van der Waals surface area contributed by atoms with Crippen molar-refractivity contribution in [3.05, 3.63) is 59.6 Å². The second-order valence-corrected chi connectivity index (χ2v) is 13.7. The lowest BCUT2D eigenvalue weighted by molar-refractivity contribution is 0.0988. The molecule has 0 unspecified atom stereocenters. The Kier molecular flexibility index (Phi) is 6.00. The lowest BCUT2D eigenvalue weighted by atomic mass is 9.51. The Labute approximate surface area is 216 Å². The van der Waals surface area contributed by atoms with Crippen LogP contribution in [0, 0.1) is 10.8 Å². The summed E-state index contributed by atoms with van der Waals surface area (Å²) in [5.41, 5.74) is 18.3. The van der Waals surface area contributed by atoms with Crippen LogP contribution in [0.3, 0.4) is 0 Å². The monoisotopic (exact) mass is 488 g/mol. The molecule has 6 rings (SSSR count). The number of nitrogens with one attached hydrogen (secondary N) is 2. The van der Waals surface area contributed by atoms with E-state index in [1.54, 1.807) is 0 Å². The molecule has 36 heavy (non-hydrogen) atoms. The van der Waals surface area contributed by atoms with Crippen LogP contribution < -0.4 is 11.5 Å². The molecule has 0 radical (unpaired) electrons. The summed E-state index contributed by atoms with van der Waals surface area (Å²) < 4.78 is 0. The van der Waals surface area contributed by atoms with Crippen LogP contribution in [0.25, 0.3) is 11.3 Å². The molecule has 6 nitrogen and oxygen atoms in total. The minimum atomic E-state index is -0.121. The number of rotatable bonds is 5. The van der Waals surface area contributed by atoms with Crippen molar-refractivity contribution in [1.82, 2.24) is 19.9 Å². The molecule has 6 N–H and O–H groups in total. The average molecular weight is 489 g/mol. The lowest BCUT2D eigenvalue weighted by Crippen LogP contribution is -2.46. The number of nitrogens with two attached hydrogens (primary N) is 2. The fourth-order valence-electron chi connectivity index (χ4n) is 6.25. The van der Waals surface area contributed by atoms with E-state index in [0.717, 1.165) is 22.9 Å². The second kappa shape index (κ2) is 8.56. The zero-order valence-corrected chi connectivity index (χ0v) is 22.9. The highest BCUT2D eigenvalue weighted by atomic mass is 15.0. The van der Waals surface area contributed by atoms with Gasteiger partial charge in [-0.3, -0.25) is 0 Å². The fourth-order valence-corrected chi connectivity index (χ4v) is 6.25. The number of benzene rings is 1. The van der Waals surface area contributed by atoms with Crippen LogP contribution in [0.1, 0.15) is 115 Å². The van der Waals surface area contributed by atoms with Gasteiger partial charge in [-0.1, -0.05) is 65.8 Å². The summed E-state index contributed by atoms with van der Waals surface area (Å²) in [5.74, 6) is 1.77. The van der Waals surface area contributed by atoms with Gasteiger partial charge in [0, 0.05) is 17.3 Å². The molecule has 0 aliphatic heterocycles. The van der Waals surface area contributed by atoms with E-state index in [-0.39, 0.29) is 28.3 Å². The van der Waals surface area contributed by atoms with Crippen molar-refractivity contribution >= 4 is 0 Å². The molecular weight excluding hydrogens is 444 g/mol. The fraction of sp³-hybridized carbons (Fsp3) is 0.600. The summed E-state index contributed by atoms with van der Waals surface area (Å²) in [7, 11) is 0. The highest BCUT2D eigenvalue weighted by Crippen LogP contribution is 2.58. The zero-order valence-electron chi connectivity index (χ0n) is 22.9. The molecule has 2 bridgehead atoms. The van der Waals surface area contributed by atoms with Gasteiger partial charge in [0.15, 0.2) is 0 Å². The smallest absolute Gasteiger partial charge is 0.124 e. The number of hydrogen-bond donors (Lipinski definition) is 4. The predicted molar refractivity (Wildman–Crippen MR) is 146 cm³/mol. The number of aromatic amines is 2. The van der Waals surface area contributed by atoms with Crippen molar-refractivity contribution in [2.24, 2.45) is 22.3 Å². The quantitative estimate of drug-likeness (QED) is 0.331. The number of fused-ring (bicyclic) bond motifs is 3. The van der Waals surface area contributed by atoms with E-state index < -0.39 is 0 Å². The molecule has 2 atom stereocenters. The molecule has 6 heteroatoms. The molecule has 3 saturated carbocycles. The van der Waals surface area contributed by atoms with Crippen molar-refractivity contribution in [2.75, 3.05) is 0 Å². The Bertz CT molecular complexity index is 1180. The molecule has 3 fully saturated rings. The molecule has 3 aromatic rings. The Morgan fingerprint density at radius 2 is 1.17 bits per heavy atom. The minimum absolute atomic E-state index is 0.0103. The first-order valence-corrected chi connectivity index (χ1v) is 13.6. The van der Waals surface area contributed by atoms with Gasteiger partial charge in [-0.15, -0.1) is 0 Å². The Morgan fingerprint density at radius 3 is 1.69 bits per heavy atom. The predicted octanol–water partition coefficient (Wildman–Crippen LogP) is 6.44. The molecule has 3 aliphatic carbocycles. The van der Waals surface area contributed by atoms with Gasteiger partial charge in [0.05, 0.1) is 24.0 Å². The summed E-state index contributed by atoms with van der Waals surface area (Å²) in [4.78, 5) is 16.4. The van der Waals surface area contributed by atoms with E-state index in [9.17, 15) is 0 Å². The van der Waals surface area contributed by atoms with Crippen LogP contribution >= 0.6 is 0 Å². The van der Waals surface area contributed by atoms with E-state index in [1.807, 2.05) is 6.20 Å². The van der Waals surface area contributed by atoms with Crippen LogP contribution in [-0.2, 0) is 10.8 Å². The topological polar surface area (TPSA) is 109 Å². The standard InChI is InChI=1S/C30H44N6/c1-27(2,3)23(31)25-33-17-21(35-25)19-7-9-20(10-8-19)29-11-14-30(15-12-29,16-13-29)22-18-34-26(36-22)24(32)28(4,5)6/h7-10,17-18,23-24H,11-16,31-32H2,1-6H3,(H,33,35)(H,34,36)/t23-,24-,29?,30?/m1/s1. The maximum Gasteiger partial charge on any atom is 0.124 e. The third-order valence-corrected chi connectivity index (χ3v) is 9.27. The summed E-state index contributed by atoms with van der Waals surface area (Å²) in [6.07, 6.45) is 11.3. The van der Waals surface area contributed by atoms with Gasteiger partial charge in [0.1, 0.15) is 11.6 Å². The van der Waals surface area contributed by atoms with Gasteiger partial charge in [0.2, 0.25) is 0 Å². The van der Waals surface area contributed by atoms with Crippen molar-refractivity contribution in [3.8, 4) is 11.3 Å². The van der Waals surface area contributed by atoms with Crippen LogP contribution in [-0.4, -0.2) is 19.9 Å². The van der Waals surface area contributed by atoms with E-state index in [4.69, 9.17) is 16.5 Å². The summed E-state index contributed by atoms with van der Waals surface area (Å²) in [6, 6.07) is 8.97. The van der Waals surface area contributed by atoms with E-state index in [0.29, 0.717) is 5.41 Å². The van der Waals surface area contributed by atoms with E-state index in [1.165, 1.54) is 49.8 Å². The maximum atomic E-state index is 6.49. The van der Waals surface area contributed by atoms with Crippen LogP contribution in [0.2, 0.25) is 0 Å². The first-order chi connectivity index (χ1) is 16.8. The molecule has 0 spiro atoms. The Balaban J connectivity index is 1.30. The maximum absolute atomic E-state index is 6.49. The molecule has 0 amide bonds. The van der Waals surface area contributed by atoms with Gasteiger partial charge in [-0.25, -0.2) is 9.97 Å². The summed E-state index contributed by atoms with van der Waals surface area (Å²) >= 11 is 0. The van der Waals surface area contributed by atoms with Crippen molar-refractivity contribution in [3.63, 3.8) is 0 Å². The number of imidazole rings is 2. The third kappa shape index (κ3) is 4.32. The van der Waals surface area contributed by atoms with Crippen LogP contribution in [0.15, 0.2) is 36.7 Å². The molecule has 1 aromatic carbocycles. The molecule has 194 valence electrons. The third-order valence-electron chi connectivity index (χ3n) is 9.27. The zero-order chi connectivity index (χ0) is 25.9. The summed E-state index contributed by atoms with van der Waals surface area (Å²) in [6.45, 7) is 12.9. The molecule has 2 aromatic heterocycles. The van der Waals surface area contributed by atoms with Gasteiger partial charge in [-0.05, 0) is 65.9 Å². The van der Waals surface area contributed by atoms with Crippen molar-refractivity contribution < 1.29 is 0 Å². The van der Waals surface area contributed by atoms with Crippen molar-refractivity contribution in [1.29, 1.82) is 0 Å². The van der Waals surface area contributed by atoms with E-state index >= 15 is 0 Å². The number of hydrogen-bond acceptors (Lipinski definition) is 4. The van der Waals surface area contributed by atoms with Gasteiger partial charge in [0.25, 0.3) is 0 Å². The average Bonchev–Trinajstić information content (AvgIpc) is 3.54. The normalized spacial score (nSPS) is 26.2. The Hall–Kier alpha value is -2.44. The second-order valence-electron chi connectivity index (χ2n) is 13.7. The van der Waals surface area contributed by atoms with Crippen molar-refractivity contribution in [2.45, 2.75) is 103 Å². The highest BCUT2D eigenvalue weighted by Gasteiger charge is 2.50. The first-order valence-electron chi connectivity index (χ1n) is 13.6. The largest absolute Gasteiger partial charge is 0.344 e. The highest BCUT2D eigenvalue weighted by molar-refractivity contribution is 5.59. The lowest BCUT2D eigenvalue weighted by Gasteiger charge is -2.53.